The first kappa shape index (κ1) is 23.8. The van der Waals surface area contributed by atoms with E-state index < -0.39 is 12.3 Å². The van der Waals surface area contributed by atoms with Crippen LogP contribution in [0.1, 0.15) is 38.7 Å². The van der Waals surface area contributed by atoms with Gasteiger partial charge in [-0.05, 0) is 43.7 Å². The molecule has 1 aliphatic heterocycles. The highest BCUT2D eigenvalue weighted by atomic mass is 19.3. The number of carbonyl (C=O) groups excluding carboxylic acids is 1. The van der Waals surface area contributed by atoms with Gasteiger partial charge >= 0.3 is 6.43 Å². The van der Waals surface area contributed by atoms with Crippen molar-refractivity contribution in [2.45, 2.75) is 45.8 Å². The Bertz CT molecular complexity index is 1080. The second-order valence-corrected chi connectivity index (χ2v) is 8.37. The predicted molar refractivity (Wildman–Crippen MR) is 121 cm³/mol. The normalized spacial score (nSPS) is 18.9. The zero-order valence-electron chi connectivity index (χ0n) is 19.3. The average molecular weight is 472 g/mol. The first-order valence-electron chi connectivity index (χ1n) is 11.1. The maximum Gasteiger partial charge on any atom is 0.314 e. The minimum atomic E-state index is -2.81. The number of benzene rings is 2. The highest BCUT2D eigenvalue weighted by Gasteiger charge is 2.33. The van der Waals surface area contributed by atoms with Gasteiger partial charge in [0.1, 0.15) is 0 Å². The summed E-state index contributed by atoms with van der Waals surface area (Å²) in [6, 6.07) is 17.0. The van der Waals surface area contributed by atoms with Gasteiger partial charge in [-0.1, -0.05) is 30.3 Å². The molecule has 3 aromatic rings. The molecular formula is C24H27F2N5O3. The lowest BCUT2D eigenvalue weighted by molar-refractivity contribution is -0.208. The summed E-state index contributed by atoms with van der Waals surface area (Å²) in [5, 5.41) is 10.7. The lowest BCUT2D eigenvalue weighted by Gasteiger charge is -2.44. The van der Waals surface area contributed by atoms with E-state index >= 15 is 0 Å². The van der Waals surface area contributed by atoms with Gasteiger partial charge in [0.25, 0.3) is 5.89 Å². The standard InChI is InChI=1S/C24H27F2N5O3/c1-16-13-29(14-17(2)31(16)18(3)32)34-30(21-7-5-4-6-8-21)15-19-9-11-20(12-10-19)23-27-28-24(33-23)22(25)26/h4-12,16-17,22H,13-15H2,1-3H3/t16-,17+. The van der Waals surface area contributed by atoms with Crippen LogP contribution in [-0.4, -0.2) is 51.2 Å². The summed E-state index contributed by atoms with van der Waals surface area (Å²) in [5.41, 5.74) is 2.36. The fraction of sp³-hybridized carbons (Fsp3) is 0.375. The minimum absolute atomic E-state index is 0.0192. The summed E-state index contributed by atoms with van der Waals surface area (Å²) in [5.74, 6) is -0.595. The molecule has 8 nitrogen and oxygen atoms in total. The molecule has 0 bridgehead atoms. The van der Waals surface area contributed by atoms with Gasteiger partial charge in [-0.3, -0.25) is 4.79 Å². The molecule has 180 valence electrons. The van der Waals surface area contributed by atoms with E-state index in [-0.39, 0.29) is 23.9 Å². The predicted octanol–water partition coefficient (Wildman–Crippen LogP) is 4.47. The summed E-state index contributed by atoms with van der Waals surface area (Å²) in [6.45, 7) is 7.20. The molecule has 2 atom stereocenters. The van der Waals surface area contributed by atoms with Crippen molar-refractivity contribution in [3.8, 4) is 11.5 Å². The maximum absolute atomic E-state index is 12.7. The van der Waals surface area contributed by atoms with Crippen LogP contribution in [0.5, 0.6) is 0 Å². The Kier molecular flexibility index (Phi) is 7.18. The highest BCUT2D eigenvalue weighted by molar-refractivity contribution is 5.74. The molecule has 1 fully saturated rings. The van der Waals surface area contributed by atoms with E-state index in [0.29, 0.717) is 25.2 Å². The van der Waals surface area contributed by atoms with E-state index in [1.807, 2.05) is 66.3 Å². The second kappa shape index (κ2) is 10.3. The molecule has 4 rings (SSSR count). The highest BCUT2D eigenvalue weighted by Crippen LogP contribution is 2.25. The lowest BCUT2D eigenvalue weighted by atomic mass is 10.1. The number of halogens is 2. The minimum Gasteiger partial charge on any atom is -0.415 e. The number of nitrogens with zero attached hydrogens (tertiary/aromatic N) is 5. The zero-order valence-corrected chi connectivity index (χ0v) is 19.3. The van der Waals surface area contributed by atoms with Gasteiger partial charge in [-0.2, -0.15) is 18.8 Å². The van der Waals surface area contributed by atoms with Crippen molar-refractivity contribution in [3.63, 3.8) is 0 Å². The lowest BCUT2D eigenvalue weighted by Crippen LogP contribution is -2.59. The summed E-state index contributed by atoms with van der Waals surface area (Å²) >= 11 is 0. The van der Waals surface area contributed by atoms with E-state index in [1.165, 1.54) is 0 Å². The largest absolute Gasteiger partial charge is 0.415 e. The van der Waals surface area contributed by atoms with Crippen LogP contribution in [0, 0.1) is 0 Å². The van der Waals surface area contributed by atoms with Crippen molar-refractivity contribution in [1.29, 1.82) is 0 Å². The van der Waals surface area contributed by atoms with Gasteiger partial charge < -0.3 is 9.32 Å². The number of rotatable bonds is 7. The summed E-state index contributed by atoms with van der Waals surface area (Å²) in [7, 11) is 0. The Morgan fingerprint density at radius 2 is 1.74 bits per heavy atom. The zero-order chi connectivity index (χ0) is 24.2. The van der Waals surface area contributed by atoms with Crippen LogP contribution in [0.4, 0.5) is 14.5 Å². The number of hydrogen-bond donors (Lipinski definition) is 0. The van der Waals surface area contributed by atoms with Gasteiger partial charge in [0, 0.05) is 37.7 Å². The quantitative estimate of drug-likeness (QED) is 0.471. The van der Waals surface area contributed by atoms with E-state index in [9.17, 15) is 13.6 Å². The van der Waals surface area contributed by atoms with Crippen LogP contribution < -0.4 is 5.06 Å². The molecule has 0 unspecified atom stereocenters. The molecule has 2 aromatic carbocycles. The van der Waals surface area contributed by atoms with Crippen molar-refractivity contribution in [2.75, 3.05) is 18.2 Å². The van der Waals surface area contributed by atoms with E-state index in [1.54, 1.807) is 24.1 Å². The number of hydroxylamine groups is 3. The molecule has 0 radical (unpaired) electrons. The number of aromatic nitrogens is 2. The maximum atomic E-state index is 12.7. The molecule has 0 saturated carbocycles. The van der Waals surface area contributed by atoms with Crippen molar-refractivity contribution in [3.05, 3.63) is 66.1 Å². The summed E-state index contributed by atoms with van der Waals surface area (Å²) in [6.07, 6.45) is -2.81. The molecular weight excluding hydrogens is 444 g/mol. The van der Waals surface area contributed by atoms with Gasteiger partial charge in [-0.25, -0.2) is 5.06 Å². The summed E-state index contributed by atoms with van der Waals surface area (Å²) < 4.78 is 30.5. The first-order chi connectivity index (χ1) is 16.3. The van der Waals surface area contributed by atoms with Crippen molar-refractivity contribution >= 4 is 11.6 Å². The number of alkyl halides is 2. The summed E-state index contributed by atoms with van der Waals surface area (Å²) in [4.78, 5) is 20.2. The third-order valence-electron chi connectivity index (χ3n) is 5.66. The Morgan fingerprint density at radius 1 is 1.09 bits per heavy atom. The third-order valence-corrected chi connectivity index (χ3v) is 5.66. The third kappa shape index (κ3) is 5.40. The average Bonchev–Trinajstić information content (AvgIpc) is 3.30. The molecule has 0 aliphatic carbocycles. The molecule has 2 heterocycles. The Hall–Kier alpha value is -3.37. The van der Waals surface area contributed by atoms with Crippen LogP contribution in [0.15, 0.2) is 59.0 Å². The first-order valence-corrected chi connectivity index (χ1v) is 11.1. The second-order valence-electron chi connectivity index (χ2n) is 8.37. The van der Waals surface area contributed by atoms with Crippen molar-refractivity contribution < 1.29 is 22.9 Å². The van der Waals surface area contributed by atoms with Crippen LogP contribution in [-0.2, 0) is 16.3 Å². The molecule has 1 aromatic heterocycles. The van der Waals surface area contributed by atoms with Gasteiger partial charge in [-0.15, -0.1) is 10.2 Å². The number of piperazine rings is 1. The van der Waals surface area contributed by atoms with Crippen LogP contribution in [0.2, 0.25) is 0 Å². The van der Waals surface area contributed by atoms with Crippen molar-refractivity contribution in [2.24, 2.45) is 0 Å². The number of para-hydroxylation sites is 1. The van der Waals surface area contributed by atoms with Gasteiger partial charge in [0.2, 0.25) is 11.8 Å². The molecule has 10 heteroatoms. The molecule has 34 heavy (non-hydrogen) atoms. The van der Waals surface area contributed by atoms with Crippen LogP contribution in [0.25, 0.3) is 11.5 Å². The fourth-order valence-electron chi connectivity index (χ4n) is 4.22. The SMILES string of the molecule is CC(=O)N1[C@H](C)CN(ON(Cc2ccc(-c3nnc(C(F)F)o3)cc2)c2ccccc2)C[C@@H]1C. The Labute approximate surface area is 196 Å². The molecule has 1 saturated heterocycles. The van der Waals surface area contributed by atoms with E-state index in [0.717, 1.165) is 11.3 Å². The van der Waals surface area contributed by atoms with Crippen LogP contribution >= 0.6 is 0 Å². The van der Waals surface area contributed by atoms with Crippen LogP contribution in [0.3, 0.4) is 0 Å². The van der Waals surface area contributed by atoms with Gasteiger partial charge in [0.05, 0.1) is 12.2 Å². The number of carbonyl (C=O) groups is 1. The molecule has 1 amide bonds. The molecule has 0 spiro atoms. The number of anilines is 1. The topological polar surface area (TPSA) is 74.9 Å². The number of hydrogen-bond acceptors (Lipinski definition) is 7. The van der Waals surface area contributed by atoms with E-state index in [2.05, 4.69) is 10.2 Å². The van der Waals surface area contributed by atoms with Crippen molar-refractivity contribution in [1.82, 2.24) is 20.2 Å². The van der Waals surface area contributed by atoms with Gasteiger partial charge in [0.15, 0.2) is 0 Å². The van der Waals surface area contributed by atoms with E-state index in [4.69, 9.17) is 9.36 Å². The Morgan fingerprint density at radius 3 is 2.29 bits per heavy atom. The monoisotopic (exact) mass is 471 g/mol. The Balaban J connectivity index is 1.49. The smallest absolute Gasteiger partial charge is 0.314 e. The number of amides is 1. The fourth-order valence-corrected chi connectivity index (χ4v) is 4.22. The molecule has 1 aliphatic rings. The molecule has 0 N–H and O–H groups in total.